The highest BCUT2D eigenvalue weighted by Gasteiger charge is 2.35. The molecule has 3 atom stereocenters. The molecule has 1 N–H and O–H groups in total. The van der Waals surface area contributed by atoms with Gasteiger partial charge in [0.25, 0.3) is 5.91 Å². The summed E-state index contributed by atoms with van der Waals surface area (Å²) < 4.78 is 42.8. The zero-order valence-electron chi connectivity index (χ0n) is 18.1. The van der Waals surface area contributed by atoms with Crippen LogP contribution in [0.25, 0.3) is 0 Å². The van der Waals surface area contributed by atoms with Crippen LogP contribution in [0, 0.1) is 17.6 Å². The lowest BCUT2D eigenvalue weighted by Gasteiger charge is -2.23. The van der Waals surface area contributed by atoms with Crippen molar-refractivity contribution in [2.45, 2.75) is 25.3 Å². The third-order valence-corrected chi connectivity index (χ3v) is 5.29. The van der Waals surface area contributed by atoms with Crippen LogP contribution in [0.4, 0.5) is 8.78 Å². The van der Waals surface area contributed by atoms with Crippen molar-refractivity contribution in [2.75, 3.05) is 20.8 Å². The zero-order chi connectivity index (χ0) is 23.3. The minimum atomic E-state index is -0.828. The molecule has 32 heavy (non-hydrogen) atoms. The van der Waals surface area contributed by atoms with Gasteiger partial charge in [-0.3, -0.25) is 9.59 Å². The molecule has 2 aromatic rings. The van der Waals surface area contributed by atoms with Crippen LogP contribution in [0.3, 0.4) is 0 Å². The number of hydrogen-bond donors (Lipinski definition) is 1. The quantitative estimate of drug-likeness (QED) is 0.491. The van der Waals surface area contributed by atoms with E-state index in [4.69, 9.17) is 14.2 Å². The second-order valence-corrected chi connectivity index (χ2v) is 7.37. The van der Waals surface area contributed by atoms with E-state index in [1.54, 1.807) is 31.2 Å². The van der Waals surface area contributed by atoms with Crippen molar-refractivity contribution in [3.05, 3.63) is 71.3 Å². The van der Waals surface area contributed by atoms with Crippen LogP contribution in [0.1, 0.15) is 35.2 Å². The molecule has 0 bridgehead atoms. The molecule has 8 heteroatoms. The van der Waals surface area contributed by atoms with Crippen molar-refractivity contribution < 1.29 is 32.6 Å². The number of benzene rings is 2. The predicted octanol–water partition coefficient (Wildman–Crippen LogP) is 4.00. The molecule has 2 aromatic carbocycles. The third-order valence-electron chi connectivity index (χ3n) is 5.29. The smallest absolute Gasteiger partial charge is 0.314 e. The highest BCUT2D eigenvalue weighted by molar-refractivity contribution is 5.94. The Balaban J connectivity index is 1.78. The number of allylic oxidation sites excluding steroid dienone is 1. The molecule has 0 spiro atoms. The van der Waals surface area contributed by atoms with Crippen molar-refractivity contribution >= 4 is 11.9 Å². The second kappa shape index (κ2) is 10.3. The number of ether oxygens (including phenoxy) is 3. The molecular weight excluding hydrogens is 420 g/mol. The largest absolute Gasteiger partial charge is 0.493 e. The van der Waals surface area contributed by atoms with Crippen LogP contribution in [0.15, 0.2) is 48.6 Å². The Morgan fingerprint density at radius 3 is 2.34 bits per heavy atom. The number of halogens is 2. The van der Waals surface area contributed by atoms with Gasteiger partial charge in [0, 0.05) is 17.7 Å². The van der Waals surface area contributed by atoms with E-state index < -0.39 is 35.5 Å². The van der Waals surface area contributed by atoms with Crippen LogP contribution in [0.2, 0.25) is 0 Å². The van der Waals surface area contributed by atoms with Crippen molar-refractivity contribution in [1.82, 2.24) is 5.32 Å². The number of methoxy groups -OCH3 is 2. The number of amides is 1. The first kappa shape index (κ1) is 23.2. The molecule has 0 aromatic heterocycles. The molecule has 1 aliphatic rings. The van der Waals surface area contributed by atoms with Crippen LogP contribution >= 0.6 is 0 Å². The fourth-order valence-corrected chi connectivity index (χ4v) is 3.85. The summed E-state index contributed by atoms with van der Waals surface area (Å²) in [5, 5.41) is 2.74. The normalized spacial score (nSPS) is 18.2. The van der Waals surface area contributed by atoms with Gasteiger partial charge in [0.05, 0.1) is 26.7 Å². The Kier molecular flexibility index (Phi) is 7.45. The molecule has 0 heterocycles. The van der Waals surface area contributed by atoms with Gasteiger partial charge in [-0.05, 0) is 49.1 Å². The van der Waals surface area contributed by atoms with E-state index in [1.165, 1.54) is 14.2 Å². The monoisotopic (exact) mass is 445 g/mol. The summed E-state index contributed by atoms with van der Waals surface area (Å²) in [4.78, 5) is 25.3. The summed E-state index contributed by atoms with van der Waals surface area (Å²) in [5.41, 5.74) is 0.580. The fraction of sp³-hybridized carbons (Fsp3) is 0.333. The van der Waals surface area contributed by atoms with Crippen molar-refractivity contribution in [2.24, 2.45) is 5.92 Å². The van der Waals surface area contributed by atoms with Crippen molar-refractivity contribution in [3.8, 4) is 11.5 Å². The zero-order valence-corrected chi connectivity index (χ0v) is 18.1. The summed E-state index contributed by atoms with van der Waals surface area (Å²) in [6, 6.07) is 7.47. The first-order valence-electron chi connectivity index (χ1n) is 10.2. The second-order valence-electron chi connectivity index (χ2n) is 7.37. The molecule has 0 aliphatic heterocycles. The Morgan fingerprint density at radius 2 is 1.72 bits per heavy atom. The minimum absolute atomic E-state index is 0.110. The first-order valence-corrected chi connectivity index (χ1v) is 10.2. The van der Waals surface area contributed by atoms with E-state index in [1.807, 2.05) is 6.08 Å². The van der Waals surface area contributed by atoms with Gasteiger partial charge in [-0.2, -0.15) is 0 Å². The average molecular weight is 445 g/mol. The lowest BCUT2D eigenvalue weighted by atomic mass is 9.85. The lowest BCUT2D eigenvalue weighted by Crippen LogP contribution is -2.34. The minimum Gasteiger partial charge on any atom is -0.493 e. The Bertz CT molecular complexity index is 1000. The lowest BCUT2D eigenvalue weighted by molar-refractivity contribution is -0.146. The van der Waals surface area contributed by atoms with E-state index in [2.05, 4.69) is 5.32 Å². The molecule has 1 amide bonds. The highest BCUT2D eigenvalue weighted by Crippen LogP contribution is 2.38. The maximum atomic E-state index is 13.4. The highest BCUT2D eigenvalue weighted by atomic mass is 19.1. The Morgan fingerprint density at radius 1 is 1.03 bits per heavy atom. The summed E-state index contributed by atoms with van der Waals surface area (Å²) in [6.45, 7) is 1.96. The molecule has 0 fully saturated rings. The van der Waals surface area contributed by atoms with Gasteiger partial charge >= 0.3 is 5.97 Å². The van der Waals surface area contributed by atoms with E-state index in [9.17, 15) is 18.4 Å². The topological polar surface area (TPSA) is 73.9 Å². The van der Waals surface area contributed by atoms with E-state index >= 15 is 0 Å². The fourth-order valence-electron chi connectivity index (χ4n) is 3.85. The van der Waals surface area contributed by atoms with Gasteiger partial charge in [0.1, 0.15) is 11.6 Å². The third kappa shape index (κ3) is 5.25. The van der Waals surface area contributed by atoms with Crippen molar-refractivity contribution in [3.63, 3.8) is 0 Å². The molecule has 0 saturated carbocycles. The predicted molar refractivity (Wildman–Crippen MR) is 114 cm³/mol. The van der Waals surface area contributed by atoms with Crippen LogP contribution in [-0.4, -0.2) is 38.7 Å². The first-order chi connectivity index (χ1) is 15.4. The molecule has 6 nitrogen and oxygen atoms in total. The molecule has 1 aliphatic carbocycles. The van der Waals surface area contributed by atoms with E-state index in [-0.39, 0.29) is 18.1 Å². The standard InChI is InChI=1S/C24H25F2NO5/c1-4-32-24(29)22(15-6-8-20(30-2)21(12-15)31-3)14-5-7-19(11-14)27-23(28)16-9-17(25)13-18(26)10-16/h5-10,12-14,19,22H,4,11H2,1-3H3,(H,27,28)/t14-,19-,22+/m1/s1. The summed E-state index contributed by atoms with van der Waals surface area (Å²) >= 11 is 0. The Hall–Kier alpha value is -3.42. The molecule has 0 radical (unpaired) electrons. The molecule has 170 valence electrons. The summed E-state index contributed by atoms with van der Waals surface area (Å²) in [5.74, 6) is -2.52. The molecule has 3 rings (SSSR count). The number of hydrogen-bond acceptors (Lipinski definition) is 5. The van der Waals surface area contributed by atoms with Crippen molar-refractivity contribution in [1.29, 1.82) is 0 Å². The van der Waals surface area contributed by atoms with Crippen LogP contribution in [-0.2, 0) is 9.53 Å². The van der Waals surface area contributed by atoms with Gasteiger partial charge in [0.15, 0.2) is 11.5 Å². The summed E-state index contributed by atoms with van der Waals surface area (Å²) in [6.07, 6.45) is 4.03. The van der Waals surface area contributed by atoms with E-state index in [0.717, 1.165) is 12.1 Å². The Labute approximate surface area is 185 Å². The number of esters is 1. The van der Waals surface area contributed by atoms with Gasteiger partial charge in [0.2, 0.25) is 0 Å². The number of nitrogens with one attached hydrogen (secondary N) is 1. The summed E-state index contributed by atoms with van der Waals surface area (Å²) in [7, 11) is 3.04. The van der Waals surface area contributed by atoms with Gasteiger partial charge in [-0.25, -0.2) is 8.78 Å². The molecule has 0 saturated heterocycles. The number of carbonyl (C=O) groups excluding carboxylic acids is 2. The van der Waals surface area contributed by atoms with E-state index in [0.29, 0.717) is 29.5 Å². The number of carbonyl (C=O) groups is 2. The van der Waals surface area contributed by atoms with Gasteiger partial charge in [-0.1, -0.05) is 18.2 Å². The number of rotatable bonds is 8. The van der Waals surface area contributed by atoms with Gasteiger partial charge in [-0.15, -0.1) is 0 Å². The maximum Gasteiger partial charge on any atom is 0.314 e. The van der Waals surface area contributed by atoms with Gasteiger partial charge < -0.3 is 19.5 Å². The SMILES string of the molecule is CCOC(=O)[C@H](c1ccc(OC)c(OC)c1)[C@@H]1C=C[C@@H](NC(=O)c2cc(F)cc(F)c2)C1. The maximum absolute atomic E-state index is 13.4. The van der Waals surface area contributed by atoms with Crippen LogP contribution in [0.5, 0.6) is 11.5 Å². The average Bonchev–Trinajstić information content (AvgIpc) is 3.21. The molecular formula is C24H25F2NO5. The molecule has 0 unspecified atom stereocenters. The van der Waals surface area contributed by atoms with Crippen LogP contribution < -0.4 is 14.8 Å².